The normalized spacial score (nSPS) is 13.1. The fraction of sp³-hybridized carbons (Fsp3) is 0.640. The minimum atomic E-state index is -1.23. The van der Waals surface area contributed by atoms with Crippen LogP contribution in [0, 0.1) is 13.8 Å². The topological polar surface area (TPSA) is 108 Å². The molecule has 2 atom stereocenters. The van der Waals surface area contributed by atoms with E-state index in [9.17, 15) is 19.5 Å². The molecular weight excluding hydrogens is 422 g/mol. The monoisotopic (exact) mass is 463 g/mol. The van der Waals surface area contributed by atoms with Crippen molar-refractivity contribution < 1.29 is 24.2 Å². The van der Waals surface area contributed by atoms with Gasteiger partial charge in [0, 0.05) is 13.1 Å². The summed E-state index contributed by atoms with van der Waals surface area (Å²) in [4.78, 5) is 40.6. The lowest BCUT2D eigenvalue weighted by Gasteiger charge is -2.34. The van der Waals surface area contributed by atoms with Crippen LogP contribution in [-0.2, 0) is 14.3 Å². The molecule has 1 rings (SSSR count). The number of aliphatic hydroxyl groups excluding tert-OH is 1. The maximum Gasteiger partial charge on any atom is 0.408 e. The minimum absolute atomic E-state index is 0.282. The molecule has 3 N–H and O–H groups in total. The van der Waals surface area contributed by atoms with E-state index in [4.69, 9.17) is 4.74 Å². The average molecular weight is 464 g/mol. The van der Waals surface area contributed by atoms with Crippen molar-refractivity contribution in [3.63, 3.8) is 0 Å². The van der Waals surface area contributed by atoms with Crippen LogP contribution in [0.3, 0.4) is 0 Å². The van der Waals surface area contributed by atoms with Crippen LogP contribution in [0.25, 0.3) is 0 Å². The Hall–Kier alpha value is -2.61. The molecule has 0 aliphatic rings. The Balaban J connectivity index is 3.35. The first-order valence-electron chi connectivity index (χ1n) is 11.7. The largest absolute Gasteiger partial charge is 0.444 e. The molecule has 0 spiro atoms. The number of aryl methyl sites for hydroxylation is 1. The van der Waals surface area contributed by atoms with Gasteiger partial charge < -0.3 is 25.4 Å². The number of alkyl carbamates (subject to hydrolysis) is 1. The van der Waals surface area contributed by atoms with Gasteiger partial charge in [0.15, 0.2) is 0 Å². The highest BCUT2D eigenvalue weighted by Crippen LogP contribution is 2.27. The van der Waals surface area contributed by atoms with E-state index in [1.807, 2.05) is 45.9 Å². The highest BCUT2D eigenvalue weighted by molar-refractivity contribution is 5.92. The first-order chi connectivity index (χ1) is 15.5. The summed E-state index contributed by atoms with van der Waals surface area (Å²) in [5.74, 6) is -0.824. The predicted octanol–water partition coefficient (Wildman–Crippen LogP) is 3.39. The van der Waals surface area contributed by atoms with E-state index >= 15 is 0 Å². The number of carbonyl (C=O) groups is 3. The molecule has 2 unspecified atom stereocenters. The Bertz CT molecular complexity index is 804. The predicted molar refractivity (Wildman–Crippen MR) is 129 cm³/mol. The summed E-state index contributed by atoms with van der Waals surface area (Å²) in [5.41, 5.74) is 1.90. The van der Waals surface area contributed by atoms with Gasteiger partial charge in [0.2, 0.25) is 11.8 Å². The van der Waals surface area contributed by atoms with Crippen LogP contribution in [0.4, 0.5) is 4.79 Å². The number of rotatable bonds is 11. The Morgan fingerprint density at radius 1 is 1.12 bits per heavy atom. The zero-order valence-electron chi connectivity index (χ0n) is 21.2. The SMILES string of the molecule is CCCCNC(=O)C(c1cccc(C)c1C)N(CCC)C(=O)C(CO)NC(=O)OC(C)(C)C. The standard InChI is InChI=1S/C25H41N3O5/c1-8-10-14-26-22(30)21(19-13-11-12-17(3)18(19)4)28(15-9-2)23(31)20(16-29)27-24(32)33-25(5,6)7/h11-13,20-21,29H,8-10,14-16H2,1-7H3,(H,26,30)(H,27,32). The van der Waals surface area contributed by atoms with Crippen LogP contribution in [0.2, 0.25) is 0 Å². The maximum absolute atomic E-state index is 13.5. The second-order valence-corrected chi connectivity index (χ2v) is 9.25. The molecule has 0 saturated carbocycles. The lowest BCUT2D eigenvalue weighted by atomic mass is 9.95. The molecule has 0 aromatic heterocycles. The summed E-state index contributed by atoms with van der Waals surface area (Å²) < 4.78 is 5.24. The molecule has 8 nitrogen and oxygen atoms in total. The number of amides is 3. The number of unbranched alkanes of at least 4 members (excludes halogenated alkanes) is 1. The van der Waals surface area contributed by atoms with E-state index in [1.54, 1.807) is 20.8 Å². The first-order valence-corrected chi connectivity index (χ1v) is 11.7. The van der Waals surface area contributed by atoms with Crippen molar-refractivity contribution in [3.8, 4) is 0 Å². The van der Waals surface area contributed by atoms with E-state index in [2.05, 4.69) is 10.6 Å². The van der Waals surface area contributed by atoms with Crippen molar-refractivity contribution in [2.75, 3.05) is 19.7 Å². The van der Waals surface area contributed by atoms with Crippen molar-refractivity contribution >= 4 is 17.9 Å². The Morgan fingerprint density at radius 3 is 2.33 bits per heavy atom. The zero-order valence-corrected chi connectivity index (χ0v) is 21.2. The van der Waals surface area contributed by atoms with Gasteiger partial charge in [-0.1, -0.05) is 38.5 Å². The number of benzene rings is 1. The second kappa shape index (κ2) is 13.2. The molecule has 0 aliphatic carbocycles. The quantitative estimate of drug-likeness (QED) is 0.436. The molecule has 3 amide bonds. The average Bonchev–Trinajstić information content (AvgIpc) is 2.73. The van der Waals surface area contributed by atoms with E-state index in [0.717, 1.165) is 29.5 Å². The van der Waals surface area contributed by atoms with Gasteiger partial charge in [0.1, 0.15) is 17.7 Å². The van der Waals surface area contributed by atoms with Gasteiger partial charge >= 0.3 is 6.09 Å². The third-order valence-electron chi connectivity index (χ3n) is 5.25. The molecule has 186 valence electrons. The number of carbonyl (C=O) groups excluding carboxylic acids is 3. The Morgan fingerprint density at radius 2 is 1.79 bits per heavy atom. The van der Waals surface area contributed by atoms with Crippen molar-refractivity contribution in [2.45, 2.75) is 85.4 Å². The van der Waals surface area contributed by atoms with Crippen LogP contribution < -0.4 is 10.6 Å². The van der Waals surface area contributed by atoms with Crippen LogP contribution in [0.5, 0.6) is 0 Å². The van der Waals surface area contributed by atoms with Crippen molar-refractivity contribution in [3.05, 3.63) is 34.9 Å². The summed E-state index contributed by atoms with van der Waals surface area (Å²) >= 11 is 0. The number of hydrogen-bond donors (Lipinski definition) is 3. The molecule has 33 heavy (non-hydrogen) atoms. The van der Waals surface area contributed by atoms with Gasteiger partial charge in [-0.05, 0) is 64.2 Å². The van der Waals surface area contributed by atoms with Gasteiger partial charge in [0.25, 0.3) is 0 Å². The maximum atomic E-state index is 13.5. The summed E-state index contributed by atoms with van der Waals surface area (Å²) in [5, 5.41) is 15.3. The zero-order chi connectivity index (χ0) is 25.2. The van der Waals surface area contributed by atoms with E-state index in [-0.39, 0.29) is 12.5 Å². The van der Waals surface area contributed by atoms with Crippen LogP contribution in [-0.4, -0.2) is 59.3 Å². The van der Waals surface area contributed by atoms with Crippen LogP contribution in [0.15, 0.2) is 18.2 Å². The molecule has 0 bridgehead atoms. The van der Waals surface area contributed by atoms with Gasteiger partial charge in [0.05, 0.1) is 6.61 Å². The minimum Gasteiger partial charge on any atom is -0.444 e. The fourth-order valence-corrected chi connectivity index (χ4v) is 3.45. The first kappa shape index (κ1) is 28.4. The Labute approximate surface area is 198 Å². The summed E-state index contributed by atoms with van der Waals surface area (Å²) in [6, 6.07) is 3.54. The molecule has 0 radical (unpaired) electrons. The van der Waals surface area contributed by atoms with E-state index < -0.39 is 36.3 Å². The summed E-state index contributed by atoms with van der Waals surface area (Å²) in [6.07, 6.45) is 1.55. The molecule has 8 heteroatoms. The highest BCUT2D eigenvalue weighted by atomic mass is 16.6. The van der Waals surface area contributed by atoms with Crippen molar-refractivity contribution in [1.29, 1.82) is 0 Å². The number of hydrogen-bond acceptors (Lipinski definition) is 5. The molecule has 1 aromatic rings. The third kappa shape index (κ3) is 8.68. The number of aliphatic hydroxyl groups is 1. The molecule has 1 aromatic carbocycles. The summed E-state index contributed by atoms with van der Waals surface area (Å²) in [7, 11) is 0. The molecule has 0 fully saturated rings. The van der Waals surface area contributed by atoms with Gasteiger partial charge in [-0.2, -0.15) is 0 Å². The third-order valence-corrected chi connectivity index (χ3v) is 5.25. The van der Waals surface area contributed by atoms with E-state index in [0.29, 0.717) is 13.0 Å². The number of nitrogens with zero attached hydrogens (tertiary/aromatic N) is 1. The van der Waals surface area contributed by atoms with Crippen molar-refractivity contribution in [1.82, 2.24) is 15.5 Å². The fourth-order valence-electron chi connectivity index (χ4n) is 3.45. The van der Waals surface area contributed by atoms with Crippen molar-refractivity contribution in [2.24, 2.45) is 0 Å². The molecule has 0 saturated heterocycles. The number of nitrogens with one attached hydrogen (secondary N) is 2. The number of ether oxygens (including phenoxy) is 1. The second-order valence-electron chi connectivity index (χ2n) is 9.25. The molecule has 0 aliphatic heterocycles. The Kier molecular flexibility index (Phi) is 11.4. The van der Waals surface area contributed by atoms with Gasteiger partial charge in [-0.25, -0.2) is 4.79 Å². The van der Waals surface area contributed by atoms with Crippen LogP contribution in [0.1, 0.15) is 76.6 Å². The smallest absolute Gasteiger partial charge is 0.408 e. The van der Waals surface area contributed by atoms with E-state index in [1.165, 1.54) is 4.90 Å². The van der Waals surface area contributed by atoms with Gasteiger partial charge in [-0.3, -0.25) is 9.59 Å². The van der Waals surface area contributed by atoms with Crippen LogP contribution >= 0.6 is 0 Å². The summed E-state index contributed by atoms with van der Waals surface area (Å²) in [6.45, 7) is 13.1. The highest BCUT2D eigenvalue weighted by Gasteiger charge is 2.36. The lowest BCUT2D eigenvalue weighted by molar-refractivity contribution is -0.143. The molecule has 0 heterocycles. The molecular formula is C25H41N3O5. The lowest BCUT2D eigenvalue weighted by Crippen LogP contribution is -2.54. The van der Waals surface area contributed by atoms with Gasteiger partial charge in [-0.15, -0.1) is 0 Å².